The van der Waals surface area contributed by atoms with E-state index in [4.69, 9.17) is 0 Å². The van der Waals surface area contributed by atoms with Gasteiger partial charge in [-0.2, -0.15) is 5.10 Å². The number of aryl methyl sites for hydroxylation is 2. The first kappa shape index (κ1) is 15.1. The minimum absolute atomic E-state index is 0.323. The highest BCUT2D eigenvalue weighted by Crippen LogP contribution is 2.21. The Kier molecular flexibility index (Phi) is 4.56. The van der Waals surface area contributed by atoms with Gasteiger partial charge in [-0.15, -0.1) is 11.3 Å². The molecule has 110 valence electrons. The second-order valence-electron chi connectivity index (χ2n) is 4.63. The van der Waals surface area contributed by atoms with Crippen LogP contribution in [0, 0.1) is 6.92 Å². The molecule has 0 radical (unpaired) electrons. The molecule has 0 saturated heterocycles. The van der Waals surface area contributed by atoms with E-state index in [1.54, 1.807) is 17.7 Å². The summed E-state index contributed by atoms with van der Waals surface area (Å²) < 4.78 is 29.2. The molecule has 20 heavy (non-hydrogen) atoms. The van der Waals surface area contributed by atoms with Crippen molar-refractivity contribution in [1.82, 2.24) is 19.5 Å². The van der Waals surface area contributed by atoms with E-state index >= 15 is 0 Å². The van der Waals surface area contributed by atoms with Crippen LogP contribution in [0.5, 0.6) is 0 Å². The fraction of sp³-hybridized carbons (Fsp3) is 0.500. The van der Waals surface area contributed by atoms with E-state index in [2.05, 4.69) is 14.8 Å². The van der Waals surface area contributed by atoms with E-state index in [9.17, 15) is 8.42 Å². The lowest BCUT2D eigenvalue weighted by Gasteiger charge is -2.13. The molecule has 0 bridgehead atoms. The molecule has 0 aromatic carbocycles. The van der Waals surface area contributed by atoms with Crippen molar-refractivity contribution in [2.24, 2.45) is 0 Å². The molecule has 2 aromatic rings. The van der Waals surface area contributed by atoms with Gasteiger partial charge in [0.15, 0.2) is 0 Å². The molecule has 1 atom stereocenters. The molecule has 0 saturated carbocycles. The number of nitrogens with one attached hydrogen (secondary N) is 1. The van der Waals surface area contributed by atoms with Gasteiger partial charge >= 0.3 is 0 Å². The minimum Gasteiger partial charge on any atom is -0.249 e. The molecular weight excluding hydrogens is 296 g/mol. The van der Waals surface area contributed by atoms with Gasteiger partial charge in [0.2, 0.25) is 0 Å². The highest BCUT2D eigenvalue weighted by atomic mass is 32.2. The highest BCUT2D eigenvalue weighted by Gasteiger charge is 2.22. The predicted molar refractivity (Wildman–Crippen MR) is 78.1 cm³/mol. The number of hydrogen-bond donors (Lipinski definition) is 1. The van der Waals surface area contributed by atoms with E-state index < -0.39 is 16.1 Å². The van der Waals surface area contributed by atoms with E-state index in [-0.39, 0.29) is 0 Å². The van der Waals surface area contributed by atoms with Crippen LogP contribution in [0.25, 0.3) is 0 Å². The van der Waals surface area contributed by atoms with Gasteiger partial charge in [0, 0.05) is 6.54 Å². The van der Waals surface area contributed by atoms with E-state index in [1.165, 1.54) is 17.7 Å². The highest BCUT2D eigenvalue weighted by molar-refractivity contribution is 7.91. The Balaban J connectivity index is 2.18. The standard InChI is InChI=1S/C12H18N4O2S2/c1-4-5-16-12(13-8-14-16)10(3)15-20(17,18)11-6-9(2)7-19-11/h6-8,10,15H,4-5H2,1-3H3/t10-/m1/s1. The molecule has 2 heterocycles. The zero-order valence-corrected chi connectivity index (χ0v) is 13.3. The molecule has 0 aliphatic heterocycles. The number of aromatic nitrogens is 3. The Morgan fingerprint density at radius 3 is 2.85 bits per heavy atom. The van der Waals surface area contributed by atoms with Crippen LogP contribution in [-0.4, -0.2) is 23.2 Å². The molecular formula is C12H18N4O2S2. The Bertz CT molecular complexity index is 675. The molecule has 0 spiro atoms. The van der Waals surface area contributed by atoms with Gasteiger partial charge in [-0.25, -0.2) is 22.8 Å². The van der Waals surface area contributed by atoms with Crippen molar-refractivity contribution in [2.45, 2.75) is 44.0 Å². The molecule has 1 N–H and O–H groups in total. The molecule has 0 aliphatic rings. The van der Waals surface area contributed by atoms with Crippen LogP contribution >= 0.6 is 11.3 Å². The summed E-state index contributed by atoms with van der Waals surface area (Å²) in [4.78, 5) is 4.15. The number of nitrogens with zero attached hydrogens (tertiary/aromatic N) is 3. The smallest absolute Gasteiger partial charge is 0.249 e. The van der Waals surface area contributed by atoms with Gasteiger partial charge in [0.05, 0.1) is 6.04 Å². The zero-order valence-electron chi connectivity index (χ0n) is 11.7. The first-order chi connectivity index (χ1) is 9.44. The van der Waals surface area contributed by atoms with Crippen LogP contribution in [0.4, 0.5) is 0 Å². The Labute approximate surface area is 122 Å². The fourth-order valence-electron chi connectivity index (χ4n) is 1.88. The molecule has 8 heteroatoms. The third kappa shape index (κ3) is 3.25. The third-order valence-electron chi connectivity index (χ3n) is 2.77. The normalized spacial score (nSPS) is 13.6. The van der Waals surface area contributed by atoms with Crippen molar-refractivity contribution in [3.63, 3.8) is 0 Å². The summed E-state index contributed by atoms with van der Waals surface area (Å²) in [6.07, 6.45) is 2.37. The maximum Gasteiger partial charge on any atom is 0.250 e. The van der Waals surface area contributed by atoms with Crippen molar-refractivity contribution in [1.29, 1.82) is 0 Å². The summed E-state index contributed by atoms with van der Waals surface area (Å²) in [6, 6.07) is 1.24. The quantitative estimate of drug-likeness (QED) is 0.886. The first-order valence-electron chi connectivity index (χ1n) is 6.39. The van der Waals surface area contributed by atoms with Gasteiger partial charge < -0.3 is 0 Å². The molecule has 0 unspecified atom stereocenters. The topological polar surface area (TPSA) is 76.9 Å². The van der Waals surface area contributed by atoms with Crippen LogP contribution in [0.1, 0.15) is 37.7 Å². The van der Waals surface area contributed by atoms with Gasteiger partial charge in [0.1, 0.15) is 16.4 Å². The number of thiophene rings is 1. The minimum atomic E-state index is -3.51. The SMILES string of the molecule is CCCn1ncnc1[C@@H](C)NS(=O)(=O)c1cc(C)cs1. The van der Waals surface area contributed by atoms with Crippen LogP contribution in [0.15, 0.2) is 22.0 Å². The molecule has 6 nitrogen and oxygen atoms in total. The molecule has 2 rings (SSSR count). The lowest BCUT2D eigenvalue weighted by atomic mass is 10.3. The second kappa shape index (κ2) is 6.02. The molecule has 2 aromatic heterocycles. The van der Waals surface area contributed by atoms with Gasteiger partial charge in [-0.05, 0) is 37.3 Å². The van der Waals surface area contributed by atoms with Gasteiger partial charge in [0.25, 0.3) is 10.0 Å². The van der Waals surface area contributed by atoms with Crippen molar-refractivity contribution in [3.05, 3.63) is 29.2 Å². The zero-order chi connectivity index (χ0) is 14.8. The maximum atomic E-state index is 12.3. The van der Waals surface area contributed by atoms with Crippen molar-refractivity contribution in [2.75, 3.05) is 0 Å². The Hall–Kier alpha value is -1.25. The molecule has 0 amide bonds. The van der Waals surface area contributed by atoms with Crippen molar-refractivity contribution < 1.29 is 8.42 Å². The summed E-state index contributed by atoms with van der Waals surface area (Å²) in [5, 5.41) is 5.93. The largest absolute Gasteiger partial charge is 0.250 e. The van der Waals surface area contributed by atoms with Crippen LogP contribution in [0.2, 0.25) is 0 Å². The monoisotopic (exact) mass is 314 g/mol. The van der Waals surface area contributed by atoms with Gasteiger partial charge in [-0.3, -0.25) is 0 Å². The van der Waals surface area contributed by atoms with Crippen LogP contribution < -0.4 is 4.72 Å². The lowest BCUT2D eigenvalue weighted by molar-refractivity contribution is 0.516. The molecule has 0 fully saturated rings. The fourth-order valence-corrected chi connectivity index (χ4v) is 4.33. The van der Waals surface area contributed by atoms with E-state index in [1.807, 2.05) is 19.2 Å². The summed E-state index contributed by atoms with van der Waals surface area (Å²) in [6.45, 7) is 6.40. The van der Waals surface area contributed by atoms with Crippen molar-refractivity contribution in [3.8, 4) is 0 Å². The summed E-state index contributed by atoms with van der Waals surface area (Å²) in [5.41, 5.74) is 0.942. The van der Waals surface area contributed by atoms with E-state index in [0.29, 0.717) is 10.0 Å². The van der Waals surface area contributed by atoms with Crippen LogP contribution in [-0.2, 0) is 16.6 Å². The number of sulfonamides is 1. The summed E-state index contributed by atoms with van der Waals surface area (Å²) in [7, 11) is -3.51. The Morgan fingerprint density at radius 1 is 1.50 bits per heavy atom. The number of hydrogen-bond acceptors (Lipinski definition) is 5. The maximum absolute atomic E-state index is 12.3. The molecule has 0 aliphatic carbocycles. The first-order valence-corrected chi connectivity index (χ1v) is 8.75. The summed E-state index contributed by atoms with van der Waals surface area (Å²) in [5.74, 6) is 0.628. The Morgan fingerprint density at radius 2 is 2.25 bits per heavy atom. The predicted octanol–water partition coefficient (Wildman–Crippen LogP) is 2.10. The average Bonchev–Trinajstić information content (AvgIpc) is 2.98. The summed E-state index contributed by atoms with van der Waals surface area (Å²) >= 11 is 1.22. The van der Waals surface area contributed by atoms with E-state index in [0.717, 1.165) is 18.5 Å². The number of rotatable bonds is 6. The lowest BCUT2D eigenvalue weighted by Crippen LogP contribution is -2.28. The second-order valence-corrected chi connectivity index (χ2v) is 7.48. The third-order valence-corrected chi connectivity index (χ3v) is 5.87. The van der Waals surface area contributed by atoms with Crippen LogP contribution in [0.3, 0.4) is 0 Å². The van der Waals surface area contributed by atoms with Crippen molar-refractivity contribution >= 4 is 21.4 Å². The van der Waals surface area contributed by atoms with Gasteiger partial charge in [-0.1, -0.05) is 6.92 Å². The average molecular weight is 314 g/mol.